The zero-order valence-electron chi connectivity index (χ0n) is 18.5. The summed E-state index contributed by atoms with van der Waals surface area (Å²) in [6.45, 7) is 1.17. The molecule has 2 heterocycles. The number of aliphatic hydroxyl groups is 1. The molecule has 176 valence electrons. The van der Waals surface area contributed by atoms with Gasteiger partial charge in [-0.2, -0.15) is 0 Å². The van der Waals surface area contributed by atoms with Crippen LogP contribution in [-0.4, -0.2) is 68.5 Å². The molecule has 8 heteroatoms. The van der Waals surface area contributed by atoms with Gasteiger partial charge in [-0.05, 0) is 54.6 Å². The van der Waals surface area contributed by atoms with Gasteiger partial charge in [0, 0.05) is 13.1 Å². The molecule has 2 aliphatic heterocycles. The summed E-state index contributed by atoms with van der Waals surface area (Å²) in [5.74, 6) is -0.0809. The van der Waals surface area contributed by atoms with Crippen LogP contribution in [0.5, 0.6) is 0 Å². The number of hydrogen-bond acceptors (Lipinski definition) is 5. The average Bonchev–Trinajstić information content (AvgIpc) is 3.53. The Morgan fingerprint density at radius 1 is 1.00 bits per heavy atom. The van der Waals surface area contributed by atoms with Crippen LogP contribution in [0.3, 0.4) is 0 Å². The minimum absolute atomic E-state index is 0.0754. The first-order chi connectivity index (χ1) is 16.0. The minimum Gasteiger partial charge on any atom is -0.611 e. The van der Waals surface area contributed by atoms with Crippen LogP contribution in [0.25, 0.3) is 0 Å². The minimum atomic E-state index is -1.35. The average molecular weight is 471 g/mol. The molecule has 1 unspecified atom stereocenters. The fraction of sp³-hybridized carbons (Fsp3) is 0.440. The molecule has 0 radical (unpaired) electrons. The van der Waals surface area contributed by atoms with Crippen molar-refractivity contribution in [3.05, 3.63) is 66.2 Å². The van der Waals surface area contributed by atoms with E-state index < -0.39 is 35.5 Å². The maximum Gasteiger partial charge on any atom is 0.410 e. The van der Waals surface area contributed by atoms with E-state index in [1.807, 2.05) is 48.5 Å². The number of carbonyl (C=O) groups excluding carboxylic acids is 2. The Balaban J connectivity index is 1.36. The van der Waals surface area contributed by atoms with E-state index in [2.05, 4.69) is 0 Å². The van der Waals surface area contributed by atoms with Gasteiger partial charge in [0.1, 0.15) is 24.5 Å². The van der Waals surface area contributed by atoms with E-state index in [0.717, 1.165) is 18.4 Å². The Morgan fingerprint density at radius 3 is 2.36 bits per heavy atom. The van der Waals surface area contributed by atoms with Crippen LogP contribution in [0.15, 0.2) is 65.6 Å². The first-order valence-corrected chi connectivity index (χ1v) is 12.8. The predicted molar refractivity (Wildman–Crippen MR) is 125 cm³/mol. The second-order valence-corrected chi connectivity index (χ2v) is 10.0. The van der Waals surface area contributed by atoms with Crippen LogP contribution in [0.2, 0.25) is 0 Å². The van der Waals surface area contributed by atoms with E-state index in [9.17, 15) is 19.2 Å². The first kappa shape index (κ1) is 23.6. The summed E-state index contributed by atoms with van der Waals surface area (Å²) in [5, 5.41) is 10.8. The van der Waals surface area contributed by atoms with Gasteiger partial charge in [0.25, 0.3) is 0 Å². The quantitative estimate of drug-likeness (QED) is 0.628. The fourth-order valence-electron chi connectivity index (χ4n) is 4.64. The molecule has 2 aromatic rings. The Bertz CT molecular complexity index is 929. The summed E-state index contributed by atoms with van der Waals surface area (Å²) in [6, 6.07) is 17.5. The van der Waals surface area contributed by atoms with E-state index >= 15 is 0 Å². The molecule has 2 aromatic carbocycles. The van der Waals surface area contributed by atoms with Gasteiger partial charge >= 0.3 is 6.09 Å². The standard InChI is InChI=1S/C25H30N2O5S/c28-23(18-33(31)20-11-5-2-6-12-20)21-13-7-15-26(21)24(29)22-14-8-16-27(22)25(30)32-17-19-9-3-1-4-10-19/h1-6,9-12,21-23,28H,7-8,13-18H2/t21-,22-,23?,33+/m0/s1. The fourth-order valence-corrected chi connectivity index (χ4v) is 5.82. The lowest BCUT2D eigenvalue weighted by molar-refractivity contribution is -0.138. The Hall–Kier alpha value is -2.55. The molecule has 33 heavy (non-hydrogen) atoms. The zero-order chi connectivity index (χ0) is 23.2. The van der Waals surface area contributed by atoms with E-state index in [-0.39, 0.29) is 18.3 Å². The van der Waals surface area contributed by atoms with E-state index in [1.54, 1.807) is 17.0 Å². The summed E-state index contributed by atoms with van der Waals surface area (Å²) in [5.41, 5.74) is 0.891. The van der Waals surface area contributed by atoms with Crippen molar-refractivity contribution in [3.8, 4) is 0 Å². The van der Waals surface area contributed by atoms with Gasteiger partial charge in [0.15, 0.2) is 4.90 Å². The van der Waals surface area contributed by atoms with E-state index in [4.69, 9.17) is 4.74 Å². The summed E-state index contributed by atoms with van der Waals surface area (Å²) < 4.78 is 18.1. The van der Waals surface area contributed by atoms with Crippen LogP contribution in [0.4, 0.5) is 4.79 Å². The largest absolute Gasteiger partial charge is 0.611 e. The Kier molecular flexibility index (Phi) is 7.90. The maximum absolute atomic E-state index is 13.4. The third-order valence-corrected chi connectivity index (χ3v) is 7.77. The van der Waals surface area contributed by atoms with Crippen LogP contribution in [-0.2, 0) is 27.3 Å². The molecule has 4 rings (SSSR count). The molecule has 7 nitrogen and oxygen atoms in total. The normalized spacial score (nSPS) is 22.2. The molecule has 0 saturated carbocycles. The molecule has 2 aliphatic rings. The number of amides is 2. The number of likely N-dealkylation sites (tertiary alicyclic amines) is 2. The summed E-state index contributed by atoms with van der Waals surface area (Å²) >= 11 is -1.35. The van der Waals surface area contributed by atoms with Gasteiger partial charge in [-0.1, -0.05) is 48.5 Å². The highest BCUT2D eigenvalue weighted by molar-refractivity contribution is 7.91. The lowest BCUT2D eigenvalue weighted by Crippen LogP contribution is -2.52. The summed E-state index contributed by atoms with van der Waals surface area (Å²) in [6.07, 6.45) is 1.36. The van der Waals surface area contributed by atoms with Crippen molar-refractivity contribution in [1.82, 2.24) is 9.80 Å². The maximum atomic E-state index is 13.4. The molecular weight excluding hydrogens is 440 g/mol. The Morgan fingerprint density at radius 2 is 1.64 bits per heavy atom. The first-order valence-electron chi connectivity index (χ1n) is 11.4. The van der Waals surface area contributed by atoms with Crippen LogP contribution < -0.4 is 0 Å². The van der Waals surface area contributed by atoms with Gasteiger partial charge in [-0.15, -0.1) is 0 Å². The molecule has 2 amide bonds. The number of carbonyl (C=O) groups is 2. The highest BCUT2D eigenvalue weighted by Gasteiger charge is 2.43. The smallest absolute Gasteiger partial charge is 0.410 e. The number of hydrogen-bond donors (Lipinski definition) is 1. The van der Waals surface area contributed by atoms with Crippen molar-refractivity contribution in [2.24, 2.45) is 0 Å². The van der Waals surface area contributed by atoms with Gasteiger partial charge in [0.05, 0.1) is 6.04 Å². The molecule has 0 bridgehead atoms. The van der Waals surface area contributed by atoms with Crippen molar-refractivity contribution in [1.29, 1.82) is 0 Å². The van der Waals surface area contributed by atoms with Crippen molar-refractivity contribution < 1.29 is 24.0 Å². The highest BCUT2D eigenvalue weighted by atomic mass is 32.2. The molecular formula is C25H30N2O5S. The van der Waals surface area contributed by atoms with Gasteiger partial charge in [0.2, 0.25) is 5.91 Å². The SMILES string of the molecule is O=C(OCc1ccccc1)N1CCC[C@H]1C(=O)N1CCC[C@H]1C(O)C[S@@+]([O-])c1ccccc1. The number of nitrogens with zero attached hydrogens (tertiary/aromatic N) is 2. The van der Waals surface area contributed by atoms with Gasteiger partial charge in [-0.3, -0.25) is 9.69 Å². The molecule has 0 aromatic heterocycles. The van der Waals surface area contributed by atoms with Crippen molar-refractivity contribution >= 4 is 23.2 Å². The Labute approximate surface area is 197 Å². The molecule has 0 aliphatic carbocycles. The summed E-state index contributed by atoms with van der Waals surface area (Å²) in [4.78, 5) is 30.0. The highest BCUT2D eigenvalue weighted by Crippen LogP contribution is 2.28. The second-order valence-electron chi connectivity index (χ2n) is 8.53. The zero-order valence-corrected chi connectivity index (χ0v) is 19.4. The third-order valence-electron chi connectivity index (χ3n) is 6.33. The van der Waals surface area contributed by atoms with Crippen LogP contribution >= 0.6 is 0 Å². The third kappa shape index (κ3) is 5.69. The van der Waals surface area contributed by atoms with Gasteiger partial charge < -0.3 is 19.3 Å². The van der Waals surface area contributed by atoms with Gasteiger partial charge in [-0.25, -0.2) is 4.79 Å². The summed E-state index contributed by atoms with van der Waals surface area (Å²) in [7, 11) is 0. The van der Waals surface area contributed by atoms with E-state index in [1.165, 1.54) is 4.90 Å². The molecule has 2 fully saturated rings. The molecule has 2 saturated heterocycles. The van der Waals surface area contributed by atoms with Crippen molar-refractivity contribution in [2.75, 3.05) is 18.8 Å². The van der Waals surface area contributed by atoms with E-state index in [0.29, 0.717) is 30.8 Å². The van der Waals surface area contributed by atoms with Crippen LogP contribution in [0.1, 0.15) is 31.2 Å². The topological polar surface area (TPSA) is 93.1 Å². The number of benzene rings is 2. The van der Waals surface area contributed by atoms with Crippen LogP contribution in [0, 0.1) is 0 Å². The van der Waals surface area contributed by atoms with Crippen molar-refractivity contribution in [2.45, 2.75) is 55.4 Å². The number of ether oxygens (including phenoxy) is 1. The van der Waals surface area contributed by atoms with Crippen molar-refractivity contribution in [3.63, 3.8) is 0 Å². The number of rotatable bonds is 7. The second kappa shape index (κ2) is 11.0. The lowest BCUT2D eigenvalue weighted by Gasteiger charge is -2.33. The lowest BCUT2D eigenvalue weighted by atomic mass is 10.1. The monoisotopic (exact) mass is 470 g/mol. The molecule has 1 N–H and O–H groups in total. The predicted octanol–water partition coefficient (Wildman–Crippen LogP) is 2.95. The molecule has 0 spiro atoms. The number of aliphatic hydroxyl groups excluding tert-OH is 1. The molecule has 4 atom stereocenters.